The molecule has 25 heavy (non-hydrogen) atoms. The number of nitrogens with one attached hydrogen (secondary N) is 2. The second-order valence-corrected chi connectivity index (χ2v) is 8.44. The molecule has 2 rings (SSSR count). The summed E-state index contributed by atoms with van der Waals surface area (Å²) in [5, 5.41) is 16.6. The summed E-state index contributed by atoms with van der Waals surface area (Å²) in [4.78, 5) is 4.69. The molecule has 5 nitrogen and oxygen atoms in total. The van der Waals surface area contributed by atoms with Gasteiger partial charge in [0.05, 0.1) is 6.54 Å². The quantitative estimate of drug-likeness (QED) is 0.488. The van der Waals surface area contributed by atoms with E-state index >= 15 is 0 Å². The first-order valence-corrected chi connectivity index (χ1v) is 10.0. The molecule has 1 aromatic rings. The van der Waals surface area contributed by atoms with Crippen LogP contribution in [0.3, 0.4) is 0 Å². The van der Waals surface area contributed by atoms with Crippen LogP contribution in [0.4, 0.5) is 0 Å². The van der Waals surface area contributed by atoms with Crippen molar-refractivity contribution in [3.63, 3.8) is 0 Å². The standard InChI is InChI=1S/C19H31N3O2S/c1-4-20-18(22-14-19(3)9-6-10-25-19)21-12-16(23)13-24-17-8-5-7-15(2)11-17/h5,7-8,11,16,23H,4,6,9-10,12-14H2,1-3H3,(H2,20,21,22). The molecule has 1 aliphatic rings. The van der Waals surface area contributed by atoms with Crippen molar-refractivity contribution in [2.75, 3.05) is 32.0 Å². The van der Waals surface area contributed by atoms with Gasteiger partial charge in [0, 0.05) is 17.8 Å². The van der Waals surface area contributed by atoms with Crippen LogP contribution in [0.5, 0.6) is 5.75 Å². The Bertz CT molecular complexity index is 559. The molecule has 140 valence electrons. The van der Waals surface area contributed by atoms with Crippen molar-refractivity contribution in [1.29, 1.82) is 0 Å². The highest BCUT2D eigenvalue weighted by Crippen LogP contribution is 2.37. The number of aryl methyl sites for hydroxylation is 1. The van der Waals surface area contributed by atoms with Crippen LogP contribution in [0, 0.1) is 6.92 Å². The Morgan fingerprint density at radius 3 is 2.96 bits per heavy atom. The first-order chi connectivity index (χ1) is 12.0. The molecular formula is C19H31N3O2S. The second-order valence-electron chi connectivity index (χ2n) is 6.76. The third-order valence-corrected chi connectivity index (χ3v) is 5.68. The zero-order valence-electron chi connectivity index (χ0n) is 15.5. The number of ether oxygens (including phenoxy) is 1. The fourth-order valence-electron chi connectivity index (χ4n) is 2.72. The maximum absolute atomic E-state index is 10.2. The highest BCUT2D eigenvalue weighted by atomic mass is 32.2. The lowest BCUT2D eigenvalue weighted by atomic mass is 10.1. The molecule has 0 bridgehead atoms. The average Bonchev–Trinajstić information content (AvgIpc) is 3.02. The van der Waals surface area contributed by atoms with Gasteiger partial charge in [0.1, 0.15) is 18.5 Å². The summed E-state index contributed by atoms with van der Waals surface area (Å²) in [7, 11) is 0. The summed E-state index contributed by atoms with van der Waals surface area (Å²) in [5.74, 6) is 2.77. The van der Waals surface area contributed by atoms with E-state index in [1.165, 1.54) is 18.6 Å². The van der Waals surface area contributed by atoms with Gasteiger partial charge in [-0.3, -0.25) is 4.99 Å². The van der Waals surface area contributed by atoms with Gasteiger partial charge in [0.15, 0.2) is 5.96 Å². The van der Waals surface area contributed by atoms with Crippen LogP contribution in [0.15, 0.2) is 29.3 Å². The predicted octanol–water partition coefficient (Wildman–Crippen LogP) is 2.58. The third kappa shape index (κ3) is 7.16. The van der Waals surface area contributed by atoms with Crippen molar-refractivity contribution < 1.29 is 9.84 Å². The molecule has 0 amide bonds. The molecule has 0 aliphatic carbocycles. The SMILES string of the molecule is CCNC(=NCC1(C)CCCS1)NCC(O)COc1cccc(C)c1. The molecular weight excluding hydrogens is 334 g/mol. The smallest absolute Gasteiger partial charge is 0.191 e. The first-order valence-electron chi connectivity index (χ1n) is 9.04. The maximum Gasteiger partial charge on any atom is 0.191 e. The molecule has 1 heterocycles. The molecule has 0 saturated carbocycles. The second kappa shape index (κ2) is 9.92. The molecule has 1 aromatic carbocycles. The number of thioether (sulfide) groups is 1. The maximum atomic E-state index is 10.2. The highest BCUT2D eigenvalue weighted by Gasteiger charge is 2.29. The van der Waals surface area contributed by atoms with E-state index in [-0.39, 0.29) is 11.4 Å². The molecule has 0 spiro atoms. The van der Waals surface area contributed by atoms with E-state index in [2.05, 4.69) is 17.6 Å². The fourth-order valence-corrected chi connectivity index (χ4v) is 3.95. The summed E-state index contributed by atoms with van der Waals surface area (Å²) in [5.41, 5.74) is 1.14. The van der Waals surface area contributed by atoms with Crippen LogP contribution in [0.1, 0.15) is 32.3 Å². The molecule has 2 atom stereocenters. The van der Waals surface area contributed by atoms with Crippen LogP contribution < -0.4 is 15.4 Å². The number of aliphatic imine (C=N–C) groups is 1. The van der Waals surface area contributed by atoms with Crippen LogP contribution in [-0.4, -0.2) is 53.9 Å². The average molecular weight is 366 g/mol. The number of hydrogen-bond donors (Lipinski definition) is 3. The van der Waals surface area contributed by atoms with Crippen molar-refractivity contribution in [3.05, 3.63) is 29.8 Å². The van der Waals surface area contributed by atoms with Crippen LogP contribution >= 0.6 is 11.8 Å². The number of guanidine groups is 1. The fraction of sp³-hybridized carbons (Fsp3) is 0.632. The third-order valence-electron chi connectivity index (χ3n) is 4.15. The molecule has 6 heteroatoms. The van der Waals surface area contributed by atoms with Crippen molar-refractivity contribution in [1.82, 2.24) is 10.6 Å². The van der Waals surface area contributed by atoms with Crippen molar-refractivity contribution in [3.8, 4) is 5.75 Å². The number of hydrogen-bond acceptors (Lipinski definition) is 4. The summed E-state index contributed by atoms with van der Waals surface area (Å²) >= 11 is 2.00. The van der Waals surface area contributed by atoms with E-state index in [4.69, 9.17) is 9.73 Å². The molecule has 2 unspecified atom stereocenters. The molecule has 3 N–H and O–H groups in total. The van der Waals surface area contributed by atoms with E-state index in [1.54, 1.807) is 0 Å². The lowest BCUT2D eigenvalue weighted by Crippen LogP contribution is -2.43. The molecule has 1 fully saturated rings. The summed E-state index contributed by atoms with van der Waals surface area (Å²) in [6.07, 6.45) is 1.89. The lowest BCUT2D eigenvalue weighted by molar-refractivity contribution is 0.110. The van der Waals surface area contributed by atoms with Gasteiger partial charge in [0.2, 0.25) is 0 Å². The van der Waals surface area contributed by atoms with Gasteiger partial charge in [-0.1, -0.05) is 12.1 Å². The number of aliphatic hydroxyl groups excluding tert-OH is 1. The minimum atomic E-state index is -0.596. The van der Waals surface area contributed by atoms with Gasteiger partial charge < -0.3 is 20.5 Å². The van der Waals surface area contributed by atoms with E-state index in [0.29, 0.717) is 6.54 Å². The van der Waals surface area contributed by atoms with E-state index in [0.717, 1.165) is 30.4 Å². The van der Waals surface area contributed by atoms with Gasteiger partial charge in [-0.15, -0.1) is 0 Å². The monoisotopic (exact) mass is 365 g/mol. The molecule has 0 radical (unpaired) electrons. The van der Waals surface area contributed by atoms with Crippen LogP contribution in [0.25, 0.3) is 0 Å². The molecule has 0 aromatic heterocycles. The Balaban J connectivity index is 1.77. The van der Waals surface area contributed by atoms with Crippen LogP contribution in [-0.2, 0) is 0 Å². The van der Waals surface area contributed by atoms with Crippen molar-refractivity contribution in [2.45, 2.75) is 44.5 Å². The Hall–Kier alpha value is -1.40. The molecule has 1 saturated heterocycles. The van der Waals surface area contributed by atoms with Gasteiger partial charge in [-0.25, -0.2) is 0 Å². The summed E-state index contributed by atoms with van der Waals surface area (Å²) in [6.45, 7) is 8.59. The normalized spacial score (nSPS) is 21.8. The van der Waals surface area contributed by atoms with E-state index < -0.39 is 6.10 Å². The van der Waals surface area contributed by atoms with Gasteiger partial charge in [0.25, 0.3) is 0 Å². The highest BCUT2D eigenvalue weighted by molar-refractivity contribution is 8.00. The Labute approximate surface area is 155 Å². The minimum absolute atomic E-state index is 0.245. The number of benzene rings is 1. The Morgan fingerprint density at radius 2 is 2.28 bits per heavy atom. The first kappa shape index (κ1) is 19.9. The lowest BCUT2D eigenvalue weighted by Gasteiger charge is -2.21. The van der Waals surface area contributed by atoms with E-state index in [1.807, 2.05) is 49.9 Å². The zero-order chi connectivity index (χ0) is 18.1. The van der Waals surface area contributed by atoms with Gasteiger partial charge >= 0.3 is 0 Å². The number of rotatable bonds is 8. The number of aliphatic hydroxyl groups is 1. The predicted molar refractivity (Wildman–Crippen MR) is 107 cm³/mol. The topological polar surface area (TPSA) is 65.9 Å². The van der Waals surface area contributed by atoms with Gasteiger partial charge in [-0.2, -0.15) is 11.8 Å². The number of nitrogens with zero attached hydrogens (tertiary/aromatic N) is 1. The summed E-state index contributed by atoms with van der Waals surface area (Å²) < 4.78 is 5.89. The largest absolute Gasteiger partial charge is 0.491 e. The minimum Gasteiger partial charge on any atom is -0.491 e. The Kier molecular flexibility index (Phi) is 7.90. The van der Waals surface area contributed by atoms with Crippen molar-refractivity contribution in [2.24, 2.45) is 4.99 Å². The van der Waals surface area contributed by atoms with Crippen LogP contribution in [0.2, 0.25) is 0 Å². The zero-order valence-corrected chi connectivity index (χ0v) is 16.4. The van der Waals surface area contributed by atoms with E-state index in [9.17, 15) is 5.11 Å². The van der Waals surface area contributed by atoms with Crippen molar-refractivity contribution >= 4 is 17.7 Å². The Morgan fingerprint density at radius 1 is 1.44 bits per heavy atom. The summed E-state index contributed by atoms with van der Waals surface area (Å²) in [6, 6.07) is 7.84. The van der Waals surface area contributed by atoms with Gasteiger partial charge in [-0.05, 0) is 57.1 Å². The molecule has 1 aliphatic heterocycles.